The van der Waals surface area contributed by atoms with E-state index in [-0.39, 0.29) is 17.9 Å². The Kier molecular flexibility index (Phi) is 8.42. The molecular formula is C35H39N9O3. The van der Waals surface area contributed by atoms with E-state index in [1.165, 1.54) is 13.5 Å². The first kappa shape index (κ1) is 30.5. The number of nitrogens with one attached hydrogen (secondary N) is 4. The molecule has 2 fully saturated rings. The molecule has 5 heterocycles. The predicted molar refractivity (Wildman–Crippen MR) is 178 cm³/mol. The number of carbonyl (C=O) groups excluding carboxylic acids is 2. The molecule has 5 aromatic rings. The molecule has 3 aromatic heterocycles. The van der Waals surface area contributed by atoms with Crippen LogP contribution in [0.3, 0.4) is 0 Å². The second-order valence-electron chi connectivity index (χ2n) is 12.6. The van der Waals surface area contributed by atoms with Crippen LogP contribution in [0, 0.1) is 5.92 Å². The number of H-pyrrole nitrogens is 2. The molecular weight excluding hydrogens is 594 g/mol. The van der Waals surface area contributed by atoms with Gasteiger partial charge in [0.25, 0.3) is 0 Å². The second-order valence-corrected chi connectivity index (χ2v) is 12.6. The van der Waals surface area contributed by atoms with E-state index in [0.29, 0.717) is 12.6 Å². The Morgan fingerprint density at radius 1 is 0.915 bits per heavy atom. The first-order valence-corrected chi connectivity index (χ1v) is 16.2. The second kappa shape index (κ2) is 13.0. The molecule has 7 rings (SSSR count). The first-order chi connectivity index (χ1) is 22.9. The zero-order valence-electron chi connectivity index (χ0n) is 26.8. The van der Waals surface area contributed by atoms with Crippen molar-refractivity contribution in [3.05, 3.63) is 72.7 Å². The fourth-order valence-corrected chi connectivity index (χ4v) is 6.55. The number of likely N-dealkylation sites (tertiary alicyclic amines) is 1. The number of amides is 2. The number of methoxy groups -OCH3 is 1. The van der Waals surface area contributed by atoms with Gasteiger partial charge in [-0.05, 0) is 50.3 Å². The van der Waals surface area contributed by atoms with Crippen molar-refractivity contribution >= 4 is 23.0 Å². The average Bonchev–Trinajstić information content (AvgIpc) is 3.93. The summed E-state index contributed by atoms with van der Waals surface area (Å²) in [6.45, 7) is 5.45. The Bertz CT molecular complexity index is 1870. The molecule has 0 aliphatic carbocycles. The van der Waals surface area contributed by atoms with Gasteiger partial charge in [0.1, 0.15) is 17.7 Å². The van der Waals surface area contributed by atoms with E-state index in [9.17, 15) is 9.59 Å². The van der Waals surface area contributed by atoms with Crippen molar-refractivity contribution in [1.29, 1.82) is 0 Å². The van der Waals surface area contributed by atoms with Gasteiger partial charge in [-0.25, -0.2) is 14.8 Å². The number of fused-ring (bicyclic) bond motifs is 1. The number of benzene rings is 2. The average molecular weight is 634 g/mol. The molecule has 2 aromatic carbocycles. The summed E-state index contributed by atoms with van der Waals surface area (Å²) in [7, 11) is 1.30. The number of nitrogens with zero attached hydrogens (tertiary/aromatic N) is 5. The third-order valence-corrected chi connectivity index (χ3v) is 9.16. The minimum absolute atomic E-state index is 0.0951. The largest absolute Gasteiger partial charge is 0.453 e. The fraction of sp³-hybridized carbons (Fsp3) is 0.371. The minimum atomic E-state index is -0.679. The molecule has 2 aliphatic rings. The summed E-state index contributed by atoms with van der Waals surface area (Å²) in [5.41, 5.74) is 7.06. The zero-order chi connectivity index (χ0) is 32.5. The van der Waals surface area contributed by atoms with Crippen molar-refractivity contribution in [3.8, 4) is 33.8 Å². The molecule has 242 valence electrons. The van der Waals surface area contributed by atoms with Crippen molar-refractivity contribution in [1.82, 2.24) is 45.4 Å². The van der Waals surface area contributed by atoms with Crippen molar-refractivity contribution in [2.45, 2.75) is 57.7 Å². The molecule has 0 bridgehead atoms. The third kappa shape index (κ3) is 6.20. The molecule has 2 amide bonds. The molecule has 2 aliphatic heterocycles. The van der Waals surface area contributed by atoms with E-state index in [1.54, 1.807) is 12.4 Å². The lowest BCUT2D eigenvalue weighted by molar-refractivity contribution is -0.135. The number of rotatable bonds is 8. The van der Waals surface area contributed by atoms with Crippen LogP contribution in [0.2, 0.25) is 0 Å². The van der Waals surface area contributed by atoms with E-state index in [1.807, 2.05) is 55.3 Å². The summed E-state index contributed by atoms with van der Waals surface area (Å²) in [5, 5.41) is 6.18. The smallest absolute Gasteiger partial charge is 0.407 e. The molecule has 3 atom stereocenters. The monoisotopic (exact) mass is 633 g/mol. The Hall–Kier alpha value is -5.10. The third-order valence-electron chi connectivity index (χ3n) is 9.16. The summed E-state index contributed by atoms with van der Waals surface area (Å²) >= 11 is 0. The van der Waals surface area contributed by atoms with Crippen molar-refractivity contribution in [3.63, 3.8) is 0 Å². The van der Waals surface area contributed by atoms with E-state index in [2.05, 4.69) is 32.7 Å². The topological polar surface area (TPSA) is 154 Å². The molecule has 0 saturated carbocycles. The number of aromatic nitrogens is 6. The highest BCUT2D eigenvalue weighted by Crippen LogP contribution is 2.34. The van der Waals surface area contributed by atoms with Crippen LogP contribution in [0.5, 0.6) is 0 Å². The van der Waals surface area contributed by atoms with Gasteiger partial charge < -0.3 is 30.2 Å². The Morgan fingerprint density at radius 3 is 2.32 bits per heavy atom. The molecule has 2 saturated heterocycles. The molecule has 0 spiro atoms. The minimum Gasteiger partial charge on any atom is -0.453 e. The summed E-state index contributed by atoms with van der Waals surface area (Å²) in [6, 6.07) is 13.6. The molecule has 0 radical (unpaired) electrons. The maximum atomic E-state index is 13.5. The van der Waals surface area contributed by atoms with Crippen LogP contribution in [0.15, 0.2) is 61.1 Å². The van der Waals surface area contributed by atoms with Crippen molar-refractivity contribution in [2.75, 3.05) is 20.2 Å². The molecule has 4 N–H and O–H groups in total. The summed E-state index contributed by atoms with van der Waals surface area (Å²) in [6.07, 6.45) is 8.85. The Balaban J connectivity index is 1.05. The zero-order valence-corrected chi connectivity index (χ0v) is 26.8. The number of carbonyl (C=O) groups is 2. The lowest BCUT2D eigenvalue weighted by Gasteiger charge is -2.29. The van der Waals surface area contributed by atoms with E-state index in [0.717, 1.165) is 82.3 Å². The molecule has 12 nitrogen and oxygen atoms in total. The Morgan fingerprint density at radius 2 is 1.64 bits per heavy atom. The fourth-order valence-electron chi connectivity index (χ4n) is 6.55. The first-order valence-electron chi connectivity index (χ1n) is 16.2. The van der Waals surface area contributed by atoms with E-state index in [4.69, 9.17) is 24.7 Å². The van der Waals surface area contributed by atoms with Gasteiger partial charge >= 0.3 is 6.09 Å². The van der Waals surface area contributed by atoms with Crippen molar-refractivity contribution < 1.29 is 14.3 Å². The van der Waals surface area contributed by atoms with Gasteiger partial charge in [-0.3, -0.25) is 14.8 Å². The number of hydrogen-bond donors (Lipinski definition) is 4. The molecule has 47 heavy (non-hydrogen) atoms. The van der Waals surface area contributed by atoms with Gasteiger partial charge in [-0.15, -0.1) is 0 Å². The van der Waals surface area contributed by atoms with Crippen LogP contribution < -0.4 is 10.6 Å². The van der Waals surface area contributed by atoms with Crippen LogP contribution in [-0.2, 0) is 9.53 Å². The predicted octanol–water partition coefficient (Wildman–Crippen LogP) is 5.55. The number of alkyl carbamates (subject to hydrolysis) is 1. The number of aromatic amines is 2. The highest BCUT2D eigenvalue weighted by Gasteiger charge is 2.37. The van der Waals surface area contributed by atoms with Gasteiger partial charge in [0, 0.05) is 29.4 Å². The number of imidazole rings is 2. The summed E-state index contributed by atoms with van der Waals surface area (Å²) in [5.74, 6) is 1.50. The van der Waals surface area contributed by atoms with Crippen molar-refractivity contribution in [2.24, 2.45) is 5.92 Å². The standard InChI is InChI=1S/C35H39N9O3/c1-20(2)31(43-35(46)47-3)34(45)44-15-5-7-30(44)33-40-24-13-12-23(16-26(24)41-33)28-18-37-27(17-38-28)21-8-10-22(11-9-21)29-19-39-32(42-29)25-6-4-14-36-25/h8-13,16-20,25,30-31,36H,4-7,14-15H2,1-3H3,(H,39,42)(H,40,41)(H,43,46)/t25-,30-,31-/m0/s1. The Labute approximate surface area is 272 Å². The quantitative estimate of drug-likeness (QED) is 0.174. The molecule has 12 heteroatoms. The van der Waals surface area contributed by atoms with Crippen LogP contribution in [0.4, 0.5) is 4.79 Å². The van der Waals surface area contributed by atoms with Crippen LogP contribution in [0.1, 0.15) is 63.3 Å². The number of hydrogen-bond acceptors (Lipinski definition) is 8. The van der Waals surface area contributed by atoms with Gasteiger partial charge in [0.05, 0.1) is 59.7 Å². The lowest BCUT2D eigenvalue weighted by atomic mass is 10.0. The number of ether oxygens (including phenoxy) is 1. The maximum absolute atomic E-state index is 13.5. The van der Waals surface area contributed by atoms with Crippen LogP contribution in [-0.4, -0.2) is 73.0 Å². The normalized spacial score (nSPS) is 18.6. The summed E-state index contributed by atoms with van der Waals surface area (Å²) < 4.78 is 4.75. The SMILES string of the molecule is COC(=O)N[C@H](C(=O)N1CCC[C@H]1c1nc2cc(-c3cnc(-c4ccc(-c5c[nH]c([C@@H]6CCCN6)n5)cc4)cn3)ccc2[nH]1)C(C)C. The van der Waals surface area contributed by atoms with Gasteiger partial charge in [0.2, 0.25) is 5.91 Å². The highest BCUT2D eigenvalue weighted by molar-refractivity contribution is 5.87. The van der Waals surface area contributed by atoms with E-state index >= 15 is 0 Å². The maximum Gasteiger partial charge on any atom is 0.407 e. The lowest BCUT2D eigenvalue weighted by Crippen LogP contribution is -2.51. The van der Waals surface area contributed by atoms with E-state index < -0.39 is 12.1 Å². The van der Waals surface area contributed by atoms with Crippen LogP contribution in [0.25, 0.3) is 44.8 Å². The van der Waals surface area contributed by atoms with Gasteiger partial charge in [-0.2, -0.15) is 0 Å². The molecule has 0 unspecified atom stereocenters. The highest BCUT2D eigenvalue weighted by atomic mass is 16.5. The van der Waals surface area contributed by atoms with Gasteiger partial charge in [0.15, 0.2) is 0 Å². The van der Waals surface area contributed by atoms with Crippen LogP contribution >= 0.6 is 0 Å². The summed E-state index contributed by atoms with van der Waals surface area (Å²) in [4.78, 5) is 53.1. The van der Waals surface area contributed by atoms with Gasteiger partial charge in [-0.1, -0.05) is 44.2 Å².